The summed E-state index contributed by atoms with van der Waals surface area (Å²) in [5.74, 6) is -0.0201. The van der Waals surface area contributed by atoms with Crippen LogP contribution in [-0.4, -0.2) is 10.8 Å². The largest absolute Gasteiger partial charge is 0.288 e. The topological polar surface area (TPSA) is 30.0 Å². The van der Waals surface area contributed by atoms with E-state index in [4.69, 9.17) is 0 Å². The third kappa shape index (κ3) is 4.09. The van der Waals surface area contributed by atoms with Gasteiger partial charge in [-0.15, -0.1) is 11.3 Å². The summed E-state index contributed by atoms with van der Waals surface area (Å²) in [6.07, 6.45) is 3.43. The Kier molecular flexibility index (Phi) is 5.43. The van der Waals surface area contributed by atoms with E-state index >= 15 is 0 Å². The standard InChI is InChI=1S/C19H13Br2NOS/c1-12-18(17(23)10-5-13-3-2-4-16(21)11-13)24-19(22-12)14-6-8-15(20)9-7-14/h2-11H,1H3/b10-5+. The van der Waals surface area contributed by atoms with Crippen molar-refractivity contribution in [1.82, 2.24) is 4.98 Å². The Morgan fingerprint density at radius 3 is 2.54 bits per heavy atom. The fraction of sp³-hybridized carbons (Fsp3) is 0.0526. The molecule has 0 bridgehead atoms. The number of hydrogen-bond acceptors (Lipinski definition) is 3. The Morgan fingerprint density at radius 2 is 1.83 bits per heavy atom. The predicted molar refractivity (Wildman–Crippen MR) is 107 cm³/mol. The van der Waals surface area contributed by atoms with E-state index in [1.165, 1.54) is 11.3 Å². The molecule has 0 unspecified atom stereocenters. The van der Waals surface area contributed by atoms with Crippen LogP contribution in [0.5, 0.6) is 0 Å². The average Bonchev–Trinajstić information content (AvgIpc) is 2.95. The van der Waals surface area contributed by atoms with Gasteiger partial charge in [0.25, 0.3) is 0 Å². The van der Waals surface area contributed by atoms with E-state index in [1.54, 1.807) is 6.08 Å². The predicted octanol–water partition coefficient (Wildman–Crippen LogP) is 6.54. The Hall–Kier alpha value is -1.56. The highest BCUT2D eigenvalue weighted by atomic mass is 79.9. The second-order valence-corrected chi connectivity index (χ2v) is 8.02. The van der Waals surface area contributed by atoms with Crippen LogP contribution in [-0.2, 0) is 0 Å². The molecule has 1 heterocycles. The number of carbonyl (C=O) groups excluding carboxylic acids is 1. The molecule has 24 heavy (non-hydrogen) atoms. The monoisotopic (exact) mass is 461 g/mol. The molecule has 0 amide bonds. The van der Waals surface area contributed by atoms with Gasteiger partial charge in [0, 0.05) is 14.5 Å². The number of halogens is 2. The lowest BCUT2D eigenvalue weighted by atomic mass is 10.2. The summed E-state index contributed by atoms with van der Waals surface area (Å²) in [5.41, 5.74) is 2.76. The van der Waals surface area contributed by atoms with E-state index in [-0.39, 0.29) is 5.78 Å². The maximum absolute atomic E-state index is 12.5. The smallest absolute Gasteiger partial charge is 0.197 e. The van der Waals surface area contributed by atoms with Crippen molar-refractivity contribution in [1.29, 1.82) is 0 Å². The van der Waals surface area contributed by atoms with E-state index in [9.17, 15) is 4.79 Å². The lowest BCUT2D eigenvalue weighted by Gasteiger charge is -1.95. The summed E-state index contributed by atoms with van der Waals surface area (Å²) in [7, 11) is 0. The Morgan fingerprint density at radius 1 is 1.08 bits per heavy atom. The van der Waals surface area contributed by atoms with Crippen molar-refractivity contribution in [2.45, 2.75) is 6.92 Å². The van der Waals surface area contributed by atoms with Gasteiger partial charge in [0.15, 0.2) is 5.78 Å². The van der Waals surface area contributed by atoms with Crippen LogP contribution in [0.3, 0.4) is 0 Å². The quantitative estimate of drug-likeness (QED) is 0.325. The lowest BCUT2D eigenvalue weighted by molar-refractivity contribution is 0.105. The molecule has 0 N–H and O–H groups in total. The van der Waals surface area contributed by atoms with Gasteiger partial charge in [0.05, 0.1) is 10.6 Å². The van der Waals surface area contributed by atoms with Crippen LogP contribution in [0.15, 0.2) is 63.6 Å². The summed E-state index contributed by atoms with van der Waals surface area (Å²) in [6, 6.07) is 15.8. The molecular weight excluding hydrogens is 450 g/mol. The summed E-state index contributed by atoms with van der Waals surface area (Å²) >= 11 is 8.28. The van der Waals surface area contributed by atoms with Gasteiger partial charge in [-0.2, -0.15) is 0 Å². The number of aryl methyl sites for hydroxylation is 1. The first kappa shape index (κ1) is 17.3. The molecule has 0 fully saturated rings. The molecule has 0 atom stereocenters. The summed E-state index contributed by atoms with van der Waals surface area (Å²) < 4.78 is 2.01. The Balaban J connectivity index is 1.84. The molecule has 0 aliphatic rings. The molecule has 0 aliphatic carbocycles. The SMILES string of the molecule is Cc1nc(-c2ccc(Br)cc2)sc1C(=O)/C=C/c1cccc(Br)c1. The number of thiazole rings is 1. The van der Waals surface area contributed by atoms with Crippen molar-refractivity contribution in [2.24, 2.45) is 0 Å². The maximum Gasteiger partial charge on any atom is 0.197 e. The fourth-order valence-corrected chi connectivity index (χ4v) is 3.87. The molecule has 0 saturated heterocycles. The molecule has 3 aromatic rings. The molecule has 3 rings (SSSR count). The van der Waals surface area contributed by atoms with Crippen molar-refractivity contribution in [3.8, 4) is 10.6 Å². The minimum atomic E-state index is -0.0201. The van der Waals surface area contributed by atoms with Gasteiger partial charge >= 0.3 is 0 Å². The molecular formula is C19H13Br2NOS. The number of aromatic nitrogens is 1. The van der Waals surface area contributed by atoms with Gasteiger partial charge in [-0.05, 0) is 42.8 Å². The van der Waals surface area contributed by atoms with E-state index in [0.29, 0.717) is 4.88 Å². The van der Waals surface area contributed by atoms with Crippen LogP contribution >= 0.6 is 43.2 Å². The fourth-order valence-electron chi connectivity index (χ4n) is 2.20. The van der Waals surface area contributed by atoms with Crippen LogP contribution in [0.4, 0.5) is 0 Å². The van der Waals surface area contributed by atoms with Crippen molar-refractivity contribution < 1.29 is 4.79 Å². The number of benzene rings is 2. The molecule has 2 aromatic carbocycles. The van der Waals surface area contributed by atoms with Crippen LogP contribution in [0.2, 0.25) is 0 Å². The van der Waals surface area contributed by atoms with Crippen molar-refractivity contribution >= 4 is 55.1 Å². The highest BCUT2D eigenvalue weighted by molar-refractivity contribution is 9.10. The molecule has 120 valence electrons. The van der Waals surface area contributed by atoms with Gasteiger partial charge in [-0.25, -0.2) is 4.98 Å². The maximum atomic E-state index is 12.5. The molecule has 0 spiro atoms. The van der Waals surface area contributed by atoms with Crippen LogP contribution < -0.4 is 0 Å². The highest BCUT2D eigenvalue weighted by Gasteiger charge is 2.14. The van der Waals surface area contributed by atoms with E-state index in [0.717, 1.165) is 30.8 Å². The number of rotatable bonds is 4. The first-order chi connectivity index (χ1) is 11.5. The van der Waals surface area contributed by atoms with E-state index in [1.807, 2.05) is 61.5 Å². The second-order valence-electron chi connectivity index (χ2n) is 5.19. The van der Waals surface area contributed by atoms with Gasteiger partial charge in [0.1, 0.15) is 5.01 Å². The highest BCUT2D eigenvalue weighted by Crippen LogP contribution is 2.29. The summed E-state index contributed by atoms with van der Waals surface area (Å²) in [4.78, 5) is 17.7. The third-order valence-electron chi connectivity index (χ3n) is 3.39. The molecule has 1 aromatic heterocycles. The zero-order valence-corrected chi connectivity index (χ0v) is 16.8. The average molecular weight is 463 g/mol. The van der Waals surface area contributed by atoms with Gasteiger partial charge in [0.2, 0.25) is 0 Å². The first-order valence-corrected chi connectivity index (χ1v) is 9.64. The number of ketones is 1. The Labute approximate surface area is 161 Å². The number of hydrogen-bond donors (Lipinski definition) is 0. The van der Waals surface area contributed by atoms with Crippen molar-refractivity contribution in [3.05, 3.63) is 79.7 Å². The molecule has 0 radical (unpaired) electrons. The second kappa shape index (κ2) is 7.55. The van der Waals surface area contributed by atoms with Crippen LogP contribution in [0.1, 0.15) is 20.9 Å². The molecule has 0 aliphatic heterocycles. The van der Waals surface area contributed by atoms with Gasteiger partial charge in [-0.3, -0.25) is 4.79 Å². The summed E-state index contributed by atoms with van der Waals surface area (Å²) in [5, 5.41) is 0.860. The minimum absolute atomic E-state index is 0.0201. The zero-order valence-electron chi connectivity index (χ0n) is 12.8. The van der Waals surface area contributed by atoms with Crippen LogP contribution in [0, 0.1) is 6.92 Å². The number of allylic oxidation sites excluding steroid dienone is 1. The zero-order chi connectivity index (χ0) is 17.1. The molecule has 0 saturated carbocycles. The minimum Gasteiger partial charge on any atom is -0.288 e. The third-order valence-corrected chi connectivity index (χ3v) is 5.63. The van der Waals surface area contributed by atoms with Crippen molar-refractivity contribution in [3.63, 3.8) is 0 Å². The van der Waals surface area contributed by atoms with Gasteiger partial charge < -0.3 is 0 Å². The number of nitrogens with zero attached hydrogens (tertiary/aromatic N) is 1. The normalized spacial score (nSPS) is 11.1. The van der Waals surface area contributed by atoms with Gasteiger partial charge in [-0.1, -0.05) is 62.2 Å². The first-order valence-electron chi connectivity index (χ1n) is 7.24. The lowest BCUT2D eigenvalue weighted by Crippen LogP contribution is -1.93. The Bertz CT molecular complexity index is 913. The molecule has 5 heteroatoms. The van der Waals surface area contributed by atoms with Crippen LogP contribution in [0.25, 0.3) is 16.6 Å². The van der Waals surface area contributed by atoms with Crippen molar-refractivity contribution in [2.75, 3.05) is 0 Å². The van der Waals surface area contributed by atoms with E-state index < -0.39 is 0 Å². The van der Waals surface area contributed by atoms with E-state index in [2.05, 4.69) is 36.8 Å². The number of carbonyl (C=O) groups is 1. The molecule has 2 nitrogen and oxygen atoms in total. The summed E-state index contributed by atoms with van der Waals surface area (Å²) in [6.45, 7) is 1.87.